The van der Waals surface area contributed by atoms with Crippen LogP contribution in [0.2, 0.25) is 5.02 Å². The highest BCUT2D eigenvalue weighted by Crippen LogP contribution is 2.21. The molecule has 1 aromatic rings. The Morgan fingerprint density at radius 3 is 2.76 bits per heavy atom. The normalized spacial score (nSPS) is 21.6. The molecule has 1 heterocycles. The number of nitrogens with zero attached hydrogens (tertiary/aromatic N) is 1. The molecule has 2 rings (SSSR count). The Morgan fingerprint density at radius 2 is 2.06 bits per heavy atom. The minimum atomic E-state index is 0.319. The van der Waals surface area contributed by atoms with Gasteiger partial charge in [0, 0.05) is 24.7 Å². The summed E-state index contributed by atoms with van der Waals surface area (Å²) in [6, 6.07) is 8.09. The average molecular weight is 254 g/mol. The molecule has 1 saturated heterocycles. The van der Waals surface area contributed by atoms with E-state index in [1.54, 1.807) is 0 Å². The molecule has 2 nitrogen and oxygen atoms in total. The molecule has 1 fully saturated rings. The first-order chi connectivity index (χ1) is 8.28. The van der Waals surface area contributed by atoms with E-state index >= 15 is 0 Å². The Kier molecular flexibility index (Phi) is 4.84. The van der Waals surface area contributed by atoms with Crippen LogP contribution in [0.1, 0.15) is 24.8 Å². The van der Waals surface area contributed by atoms with Crippen molar-refractivity contribution in [3.05, 3.63) is 34.9 Å². The number of hydrogen-bond acceptors (Lipinski definition) is 2. The van der Waals surface area contributed by atoms with Crippen molar-refractivity contribution in [2.45, 2.75) is 25.8 Å². The van der Waals surface area contributed by atoms with Crippen molar-refractivity contribution >= 4 is 11.6 Å². The van der Waals surface area contributed by atoms with Gasteiger partial charge in [-0.05, 0) is 49.4 Å². The van der Waals surface area contributed by atoms with E-state index < -0.39 is 0 Å². The fourth-order valence-corrected chi connectivity index (χ4v) is 2.69. The van der Waals surface area contributed by atoms with Crippen LogP contribution in [-0.2, 0) is 6.54 Å². The summed E-state index contributed by atoms with van der Waals surface area (Å²) >= 11 is 5.88. The lowest BCUT2D eigenvalue weighted by molar-refractivity contribution is 0.142. The Morgan fingerprint density at radius 1 is 1.29 bits per heavy atom. The van der Waals surface area contributed by atoms with Crippen LogP contribution in [0.3, 0.4) is 0 Å². The lowest BCUT2D eigenvalue weighted by Gasteiger charge is -2.32. The monoisotopic (exact) mass is 253 g/mol. The van der Waals surface area contributed by atoms with E-state index in [-0.39, 0.29) is 0 Å². The van der Waals surface area contributed by atoms with Crippen molar-refractivity contribution in [2.24, 2.45) is 5.92 Å². The maximum atomic E-state index is 8.99. The highest BCUT2D eigenvalue weighted by Gasteiger charge is 2.19. The van der Waals surface area contributed by atoms with Crippen molar-refractivity contribution in [1.29, 1.82) is 0 Å². The summed E-state index contributed by atoms with van der Waals surface area (Å²) in [5.74, 6) is 0.668. The quantitative estimate of drug-likeness (QED) is 0.892. The van der Waals surface area contributed by atoms with Gasteiger partial charge >= 0.3 is 0 Å². The fourth-order valence-electron chi connectivity index (χ4n) is 2.56. The summed E-state index contributed by atoms with van der Waals surface area (Å²) in [5, 5.41) is 9.79. The zero-order valence-electron chi connectivity index (χ0n) is 10.1. The van der Waals surface area contributed by atoms with Crippen molar-refractivity contribution in [1.82, 2.24) is 4.90 Å². The van der Waals surface area contributed by atoms with Gasteiger partial charge in [0.05, 0.1) is 0 Å². The highest BCUT2D eigenvalue weighted by atomic mass is 35.5. The second kappa shape index (κ2) is 6.39. The third-order valence-electron chi connectivity index (χ3n) is 3.46. The predicted molar refractivity (Wildman–Crippen MR) is 71.2 cm³/mol. The summed E-state index contributed by atoms with van der Waals surface area (Å²) in [6.07, 6.45) is 3.45. The number of rotatable bonds is 4. The third kappa shape index (κ3) is 3.98. The molecule has 3 heteroatoms. The van der Waals surface area contributed by atoms with Crippen molar-refractivity contribution in [3.8, 4) is 0 Å². The number of benzene rings is 1. The highest BCUT2D eigenvalue weighted by molar-refractivity contribution is 6.30. The van der Waals surface area contributed by atoms with Crippen molar-refractivity contribution in [3.63, 3.8) is 0 Å². The first-order valence-corrected chi connectivity index (χ1v) is 6.73. The van der Waals surface area contributed by atoms with Crippen LogP contribution < -0.4 is 0 Å². The molecule has 0 saturated carbocycles. The molecule has 1 N–H and O–H groups in total. The average Bonchev–Trinajstić information content (AvgIpc) is 2.33. The van der Waals surface area contributed by atoms with E-state index in [1.165, 1.54) is 24.9 Å². The first-order valence-electron chi connectivity index (χ1n) is 6.35. The minimum Gasteiger partial charge on any atom is -0.396 e. The van der Waals surface area contributed by atoms with Crippen molar-refractivity contribution < 1.29 is 5.11 Å². The maximum Gasteiger partial charge on any atom is 0.0434 e. The fraction of sp³-hybridized carbons (Fsp3) is 0.571. The van der Waals surface area contributed by atoms with Gasteiger partial charge in [-0.2, -0.15) is 0 Å². The van der Waals surface area contributed by atoms with Gasteiger partial charge in [0.1, 0.15) is 0 Å². The van der Waals surface area contributed by atoms with Gasteiger partial charge in [-0.25, -0.2) is 0 Å². The van der Waals surface area contributed by atoms with Crippen LogP contribution in [0.5, 0.6) is 0 Å². The van der Waals surface area contributed by atoms with Crippen molar-refractivity contribution in [2.75, 3.05) is 19.7 Å². The smallest absolute Gasteiger partial charge is 0.0434 e. The van der Waals surface area contributed by atoms with Gasteiger partial charge in [-0.3, -0.25) is 4.90 Å². The Hall–Kier alpha value is -0.570. The number of aliphatic hydroxyl groups excluding tert-OH is 1. The largest absolute Gasteiger partial charge is 0.396 e. The number of aliphatic hydroxyl groups is 1. The minimum absolute atomic E-state index is 0.319. The second-order valence-electron chi connectivity index (χ2n) is 4.88. The van der Waals surface area contributed by atoms with E-state index in [0.29, 0.717) is 12.5 Å². The lowest BCUT2D eigenvalue weighted by Crippen LogP contribution is -2.35. The topological polar surface area (TPSA) is 23.5 Å². The molecule has 0 aromatic heterocycles. The van der Waals surface area contributed by atoms with Crippen LogP contribution in [0.4, 0.5) is 0 Å². The molecule has 1 aliphatic heterocycles. The summed E-state index contributed by atoms with van der Waals surface area (Å²) in [4.78, 5) is 2.48. The molecule has 0 spiro atoms. The van der Waals surface area contributed by atoms with Crippen LogP contribution >= 0.6 is 11.6 Å². The standard InChI is InChI=1S/C14H20ClNO/c15-14-5-3-13(4-6-14)11-16-8-1-2-12(10-16)7-9-17/h3-6,12,17H,1-2,7-11H2. The zero-order valence-corrected chi connectivity index (χ0v) is 10.9. The summed E-state index contributed by atoms with van der Waals surface area (Å²) in [5.41, 5.74) is 1.32. The van der Waals surface area contributed by atoms with Gasteiger partial charge in [0.25, 0.3) is 0 Å². The molecule has 0 amide bonds. The molecule has 17 heavy (non-hydrogen) atoms. The molecule has 1 aliphatic rings. The Bertz CT molecular complexity index is 337. The van der Waals surface area contributed by atoms with E-state index in [1.807, 2.05) is 12.1 Å². The van der Waals surface area contributed by atoms with E-state index in [4.69, 9.17) is 16.7 Å². The van der Waals surface area contributed by atoms with Crippen LogP contribution in [0.15, 0.2) is 24.3 Å². The molecule has 1 unspecified atom stereocenters. The summed E-state index contributed by atoms with van der Waals surface area (Å²) in [6.45, 7) is 3.60. The van der Waals surface area contributed by atoms with Crippen LogP contribution in [-0.4, -0.2) is 29.7 Å². The summed E-state index contributed by atoms with van der Waals surface area (Å²) in [7, 11) is 0. The van der Waals surface area contributed by atoms with E-state index in [0.717, 1.165) is 24.5 Å². The number of halogens is 1. The molecule has 0 radical (unpaired) electrons. The Labute approximate surface area is 108 Å². The predicted octanol–water partition coefficient (Wildman–Crippen LogP) is 2.93. The summed E-state index contributed by atoms with van der Waals surface area (Å²) < 4.78 is 0. The molecule has 0 aliphatic carbocycles. The number of likely N-dealkylation sites (tertiary alicyclic amines) is 1. The Balaban J connectivity index is 1.87. The van der Waals surface area contributed by atoms with Gasteiger partial charge in [0.2, 0.25) is 0 Å². The number of hydrogen-bond donors (Lipinski definition) is 1. The molecule has 0 bridgehead atoms. The maximum absolute atomic E-state index is 8.99. The van der Waals surface area contributed by atoms with Gasteiger partial charge in [-0.1, -0.05) is 23.7 Å². The number of piperidine rings is 1. The van der Waals surface area contributed by atoms with Gasteiger partial charge < -0.3 is 5.11 Å². The van der Waals surface area contributed by atoms with E-state index in [2.05, 4.69) is 17.0 Å². The lowest BCUT2D eigenvalue weighted by atomic mass is 9.95. The molecule has 94 valence electrons. The second-order valence-corrected chi connectivity index (χ2v) is 5.32. The molecular weight excluding hydrogens is 234 g/mol. The van der Waals surface area contributed by atoms with E-state index in [9.17, 15) is 0 Å². The van der Waals surface area contributed by atoms with Gasteiger partial charge in [0.15, 0.2) is 0 Å². The molecule has 1 aromatic carbocycles. The third-order valence-corrected chi connectivity index (χ3v) is 3.71. The van der Waals surface area contributed by atoms with Gasteiger partial charge in [-0.15, -0.1) is 0 Å². The molecule has 1 atom stereocenters. The van der Waals surface area contributed by atoms with Crippen LogP contribution in [0, 0.1) is 5.92 Å². The first kappa shape index (κ1) is 12.9. The SMILES string of the molecule is OCCC1CCCN(Cc2ccc(Cl)cc2)C1. The zero-order chi connectivity index (χ0) is 12.1. The van der Waals surface area contributed by atoms with Crippen LogP contribution in [0.25, 0.3) is 0 Å². The molecular formula is C14H20ClNO.